The van der Waals surface area contributed by atoms with E-state index < -0.39 is 0 Å². The molecular weight excluding hydrogens is 296 g/mol. The van der Waals surface area contributed by atoms with Crippen LogP contribution in [-0.4, -0.2) is 37.0 Å². The van der Waals surface area contributed by atoms with E-state index in [1.54, 1.807) is 0 Å². The van der Waals surface area contributed by atoms with Crippen LogP contribution in [0, 0.1) is 0 Å². The molecule has 0 spiro atoms. The van der Waals surface area contributed by atoms with E-state index in [9.17, 15) is 4.79 Å². The molecule has 124 valence electrons. The minimum absolute atomic E-state index is 0.0678. The van der Waals surface area contributed by atoms with Gasteiger partial charge in [0.15, 0.2) is 0 Å². The molecule has 1 fully saturated rings. The van der Waals surface area contributed by atoms with Crippen molar-refractivity contribution in [1.82, 2.24) is 4.90 Å². The number of hydrogen-bond acceptors (Lipinski definition) is 2. The first-order valence-electron chi connectivity index (χ1n) is 8.99. The summed E-state index contributed by atoms with van der Waals surface area (Å²) in [5.74, 6) is 0.396. The molecule has 1 aliphatic carbocycles. The Morgan fingerprint density at radius 2 is 1.58 bits per heavy atom. The molecule has 1 amide bonds. The van der Waals surface area contributed by atoms with Gasteiger partial charge in [-0.1, -0.05) is 42.5 Å². The molecule has 1 atom stereocenters. The molecule has 0 aromatic heterocycles. The number of carbonyl (C=O) groups is 1. The fraction of sp³-hybridized carbons (Fsp3) is 0.381. The van der Waals surface area contributed by atoms with Crippen LogP contribution >= 0.6 is 0 Å². The molecule has 0 saturated carbocycles. The van der Waals surface area contributed by atoms with Crippen LogP contribution in [0.4, 0.5) is 5.69 Å². The summed E-state index contributed by atoms with van der Waals surface area (Å²) < 4.78 is 0. The highest BCUT2D eigenvalue weighted by atomic mass is 16.2. The third-order valence-corrected chi connectivity index (χ3v) is 5.38. The maximum absolute atomic E-state index is 13.1. The molecule has 0 radical (unpaired) electrons. The molecule has 0 N–H and O–H groups in total. The first-order valence-corrected chi connectivity index (χ1v) is 8.99. The predicted octanol–water partition coefficient (Wildman–Crippen LogP) is 3.46. The van der Waals surface area contributed by atoms with Crippen LogP contribution in [-0.2, 0) is 11.2 Å². The second kappa shape index (κ2) is 6.68. The van der Waals surface area contributed by atoms with Crippen molar-refractivity contribution < 1.29 is 4.79 Å². The summed E-state index contributed by atoms with van der Waals surface area (Å²) in [6.07, 6.45) is 3.23. The van der Waals surface area contributed by atoms with Gasteiger partial charge in [-0.25, -0.2) is 0 Å². The zero-order valence-electron chi connectivity index (χ0n) is 14.0. The van der Waals surface area contributed by atoms with E-state index in [1.807, 2.05) is 6.07 Å². The van der Waals surface area contributed by atoms with Crippen molar-refractivity contribution in [2.45, 2.75) is 25.2 Å². The number of carbonyl (C=O) groups excluding carboxylic acids is 1. The number of hydrogen-bond donors (Lipinski definition) is 0. The molecule has 2 aromatic rings. The van der Waals surface area contributed by atoms with Gasteiger partial charge in [0.05, 0.1) is 5.92 Å². The van der Waals surface area contributed by atoms with Crippen molar-refractivity contribution in [2.75, 3.05) is 31.1 Å². The lowest BCUT2D eigenvalue weighted by Crippen LogP contribution is -2.50. The third kappa shape index (κ3) is 2.91. The Bertz CT molecular complexity index is 705. The maximum atomic E-state index is 13.1. The second-order valence-corrected chi connectivity index (χ2v) is 6.79. The number of nitrogens with zero attached hydrogens (tertiary/aromatic N) is 2. The van der Waals surface area contributed by atoms with Crippen LogP contribution in [0.5, 0.6) is 0 Å². The van der Waals surface area contributed by atoms with Crippen molar-refractivity contribution in [2.24, 2.45) is 0 Å². The minimum Gasteiger partial charge on any atom is -0.368 e. The second-order valence-electron chi connectivity index (χ2n) is 6.79. The standard InChI is InChI=1S/C21H24N2O/c24-21(20-12-6-8-17-7-4-5-11-19(17)20)23-15-13-22(14-16-23)18-9-2-1-3-10-18/h1-5,7,9-11,20H,6,8,12-16H2/t20-/m0/s1. The number of fused-ring (bicyclic) bond motifs is 1. The summed E-state index contributed by atoms with van der Waals surface area (Å²) in [4.78, 5) is 17.5. The first kappa shape index (κ1) is 15.3. The fourth-order valence-corrected chi connectivity index (χ4v) is 4.05. The van der Waals surface area contributed by atoms with Crippen LogP contribution in [0.15, 0.2) is 54.6 Å². The Morgan fingerprint density at radius 3 is 2.38 bits per heavy atom. The van der Waals surface area contributed by atoms with Gasteiger partial charge >= 0.3 is 0 Å². The number of anilines is 1. The van der Waals surface area contributed by atoms with Gasteiger partial charge in [-0.05, 0) is 42.5 Å². The Kier molecular flexibility index (Phi) is 4.24. The summed E-state index contributed by atoms with van der Waals surface area (Å²) in [6, 6.07) is 19.0. The van der Waals surface area contributed by atoms with E-state index in [-0.39, 0.29) is 5.92 Å². The summed E-state index contributed by atoms with van der Waals surface area (Å²) in [5, 5.41) is 0. The van der Waals surface area contributed by atoms with Crippen molar-refractivity contribution in [1.29, 1.82) is 0 Å². The van der Waals surface area contributed by atoms with Crippen molar-refractivity contribution in [3.63, 3.8) is 0 Å². The highest BCUT2D eigenvalue weighted by Crippen LogP contribution is 2.33. The Hall–Kier alpha value is -2.29. The average molecular weight is 320 g/mol. The van der Waals surface area contributed by atoms with Gasteiger partial charge in [-0.3, -0.25) is 4.79 Å². The molecule has 4 rings (SSSR count). The lowest BCUT2D eigenvalue weighted by Gasteiger charge is -2.38. The van der Waals surface area contributed by atoms with Crippen molar-refractivity contribution in [3.05, 3.63) is 65.7 Å². The summed E-state index contributed by atoms with van der Waals surface area (Å²) in [5.41, 5.74) is 3.89. The third-order valence-electron chi connectivity index (χ3n) is 5.38. The topological polar surface area (TPSA) is 23.6 Å². The highest BCUT2D eigenvalue weighted by Gasteiger charge is 2.31. The number of amides is 1. The summed E-state index contributed by atoms with van der Waals surface area (Å²) in [7, 11) is 0. The fourth-order valence-electron chi connectivity index (χ4n) is 4.05. The monoisotopic (exact) mass is 320 g/mol. The largest absolute Gasteiger partial charge is 0.368 e. The molecular formula is C21H24N2O. The van der Waals surface area contributed by atoms with E-state index >= 15 is 0 Å². The SMILES string of the molecule is O=C([C@H]1CCCc2ccccc21)N1CCN(c2ccccc2)CC1. The smallest absolute Gasteiger partial charge is 0.230 e. The summed E-state index contributed by atoms with van der Waals surface area (Å²) in [6.45, 7) is 3.49. The molecule has 3 heteroatoms. The molecule has 0 unspecified atom stereocenters. The van der Waals surface area contributed by atoms with E-state index in [2.05, 4.69) is 58.3 Å². The van der Waals surface area contributed by atoms with Gasteiger partial charge in [-0.15, -0.1) is 0 Å². The lowest BCUT2D eigenvalue weighted by atomic mass is 9.82. The van der Waals surface area contributed by atoms with Gasteiger partial charge in [0.1, 0.15) is 0 Å². The molecule has 2 aliphatic rings. The number of piperazine rings is 1. The van der Waals surface area contributed by atoms with Gasteiger partial charge in [0.25, 0.3) is 0 Å². The number of benzene rings is 2. The average Bonchev–Trinajstić information content (AvgIpc) is 2.68. The predicted molar refractivity (Wildman–Crippen MR) is 97.4 cm³/mol. The van der Waals surface area contributed by atoms with Crippen LogP contribution < -0.4 is 4.90 Å². The van der Waals surface area contributed by atoms with E-state index in [1.165, 1.54) is 16.8 Å². The lowest BCUT2D eigenvalue weighted by molar-refractivity contribution is -0.133. The number of para-hydroxylation sites is 1. The quantitative estimate of drug-likeness (QED) is 0.846. The molecule has 0 bridgehead atoms. The van der Waals surface area contributed by atoms with Crippen LogP contribution in [0.3, 0.4) is 0 Å². The molecule has 2 aromatic carbocycles. The van der Waals surface area contributed by atoms with Gasteiger partial charge in [-0.2, -0.15) is 0 Å². The van der Waals surface area contributed by atoms with Crippen LogP contribution in [0.1, 0.15) is 29.9 Å². The first-order chi connectivity index (χ1) is 11.8. The molecule has 1 saturated heterocycles. The maximum Gasteiger partial charge on any atom is 0.230 e. The van der Waals surface area contributed by atoms with Crippen LogP contribution in [0.2, 0.25) is 0 Å². The van der Waals surface area contributed by atoms with Crippen molar-refractivity contribution in [3.8, 4) is 0 Å². The van der Waals surface area contributed by atoms with E-state index in [4.69, 9.17) is 0 Å². The number of aryl methyl sites for hydroxylation is 1. The van der Waals surface area contributed by atoms with Gasteiger partial charge in [0.2, 0.25) is 5.91 Å². The highest BCUT2D eigenvalue weighted by molar-refractivity contribution is 5.84. The molecule has 1 aliphatic heterocycles. The molecule has 1 heterocycles. The van der Waals surface area contributed by atoms with Crippen molar-refractivity contribution >= 4 is 11.6 Å². The van der Waals surface area contributed by atoms with E-state index in [0.29, 0.717) is 5.91 Å². The summed E-state index contributed by atoms with van der Waals surface area (Å²) >= 11 is 0. The molecule has 3 nitrogen and oxygen atoms in total. The van der Waals surface area contributed by atoms with Gasteiger partial charge < -0.3 is 9.80 Å². The normalized spacial score (nSPS) is 20.6. The Balaban J connectivity index is 1.44. The Labute approximate surface area is 143 Å². The Morgan fingerprint density at radius 1 is 0.875 bits per heavy atom. The van der Waals surface area contributed by atoms with Crippen LogP contribution in [0.25, 0.3) is 0 Å². The van der Waals surface area contributed by atoms with E-state index in [0.717, 1.165) is 45.4 Å². The zero-order valence-corrected chi connectivity index (χ0v) is 14.0. The van der Waals surface area contributed by atoms with Gasteiger partial charge in [0, 0.05) is 31.9 Å². The molecule has 24 heavy (non-hydrogen) atoms. The zero-order chi connectivity index (χ0) is 16.4. The number of rotatable bonds is 2. The minimum atomic E-state index is 0.0678.